The minimum Gasteiger partial charge on any atom is -0.406 e. The molecule has 23 heavy (non-hydrogen) atoms. The fourth-order valence-electron chi connectivity index (χ4n) is 2.07. The quantitative estimate of drug-likeness (QED) is 0.752. The summed E-state index contributed by atoms with van der Waals surface area (Å²) in [7, 11) is 0. The van der Waals surface area contributed by atoms with Crippen molar-refractivity contribution in [3.63, 3.8) is 0 Å². The lowest BCUT2D eigenvalue weighted by molar-refractivity contribution is -0.274. The molecule has 2 nitrogen and oxygen atoms in total. The van der Waals surface area contributed by atoms with Gasteiger partial charge < -0.3 is 10.1 Å². The van der Waals surface area contributed by atoms with Gasteiger partial charge in [-0.3, -0.25) is 0 Å². The highest BCUT2D eigenvalue weighted by atomic mass is 19.4. The molecule has 0 saturated carbocycles. The van der Waals surface area contributed by atoms with Gasteiger partial charge in [-0.15, -0.1) is 13.2 Å². The van der Waals surface area contributed by atoms with Crippen LogP contribution in [-0.2, 0) is 0 Å². The zero-order valence-corrected chi connectivity index (χ0v) is 12.2. The number of allylic oxidation sites excluding steroid dienone is 4. The highest BCUT2D eigenvalue weighted by Crippen LogP contribution is 2.27. The van der Waals surface area contributed by atoms with E-state index in [2.05, 4.69) is 10.1 Å². The van der Waals surface area contributed by atoms with E-state index >= 15 is 0 Å². The number of aryl methyl sites for hydroxylation is 1. The number of anilines is 1. The molecular formula is C16H14F5NO. The summed E-state index contributed by atoms with van der Waals surface area (Å²) >= 11 is 0. The Morgan fingerprint density at radius 1 is 1.17 bits per heavy atom. The number of benzene rings is 1. The van der Waals surface area contributed by atoms with Crippen LogP contribution in [0.5, 0.6) is 5.75 Å². The standard InChI is InChI=1S/C16H14F5NO/c1-10-6-14(23-16(19,20)21)4-5-15(10)22-9-11-2-3-12(17)8-13(18)7-11/h2,4-8,22H,3,9H2,1H3. The Bertz CT molecular complexity index is 674. The Balaban J connectivity index is 2.03. The van der Waals surface area contributed by atoms with Crippen molar-refractivity contribution in [1.29, 1.82) is 0 Å². The number of ether oxygens (including phenoxy) is 1. The maximum atomic E-state index is 13.3. The SMILES string of the molecule is Cc1cc(OC(F)(F)F)ccc1NCC1=CCC(F)=CC(F)=C1. The van der Waals surface area contributed by atoms with Crippen molar-refractivity contribution in [2.45, 2.75) is 19.7 Å². The van der Waals surface area contributed by atoms with E-state index in [4.69, 9.17) is 0 Å². The molecule has 1 aromatic rings. The molecule has 1 aliphatic rings. The largest absolute Gasteiger partial charge is 0.573 e. The molecule has 0 spiro atoms. The lowest BCUT2D eigenvalue weighted by Crippen LogP contribution is -2.17. The summed E-state index contributed by atoms with van der Waals surface area (Å²) < 4.78 is 66.7. The van der Waals surface area contributed by atoms with E-state index in [0.29, 0.717) is 16.8 Å². The number of rotatable bonds is 4. The van der Waals surface area contributed by atoms with E-state index in [1.54, 1.807) is 13.0 Å². The molecule has 124 valence electrons. The van der Waals surface area contributed by atoms with Crippen LogP contribution in [0.2, 0.25) is 0 Å². The zero-order valence-electron chi connectivity index (χ0n) is 12.2. The maximum absolute atomic E-state index is 13.3. The van der Waals surface area contributed by atoms with Crippen molar-refractivity contribution in [2.75, 3.05) is 11.9 Å². The summed E-state index contributed by atoms with van der Waals surface area (Å²) in [6.07, 6.45) is -1.18. The number of halogens is 5. The Morgan fingerprint density at radius 2 is 1.91 bits per heavy atom. The topological polar surface area (TPSA) is 21.3 Å². The number of hydrogen-bond donors (Lipinski definition) is 1. The van der Waals surface area contributed by atoms with Crippen molar-refractivity contribution in [2.24, 2.45) is 0 Å². The third-order valence-electron chi connectivity index (χ3n) is 3.09. The lowest BCUT2D eigenvalue weighted by Gasteiger charge is -2.13. The molecule has 1 aromatic carbocycles. The van der Waals surface area contributed by atoms with E-state index in [1.807, 2.05) is 0 Å². The predicted octanol–water partition coefficient (Wildman–Crippen LogP) is 5.34. The second-order valence-electron chi connectivity index (χ2n) is 4.98. The highest BCUT2D eigenvalue weighted by molar-refractivity contribution is 5.55. The molecule has 1 N–H and O–H groups in total. The van der Waals surface area contributed by atoms with E-state index in [-0.39, 0.29) is 18.7 Å². The summed E-state index contributed by atoms with van der Waals surface area (Å²) in [6.45, 7) is 1.83. The Hall–Kier alpha value is -2.31. The average molecular weight is 331 g/mol. The number of hydrogen-bond acceptors (Lipinski definition) is 2. The van der Waals surface area contributed by atoms with Gasteiger partial charge in [0.25, 0.3) is 0 Å². The molecule has 0 aliphatic heterocycles. The van der Waals surface area contributed by atoms with E-state index in [1.165, 1.54) is 24.3 Å². The molecule has 0 aromatic heterocycles. The van der Waals surface area contributed by atoms with Crippen LogP contribution < -0.4 is 10.1 Å². The highest BCUT2D eigenvalue weighted by Gasteiger charge is 2.31. The van der Waals surface area contributed by atoms with Crippen LogP contribution in [0.3, 0.4) is 0 Å². The summed E-state index contributed by atoms with van der Waals surface area (Å²) in [5.41, 5.74) is 1.66. The van der Waals surface area contributed by atoms with Crippen molar-refractivity contribution in [3.05, 3.63) is 59.2 Å². The third kappa shape index (κ3) is 5.43. The van der Waals surface area contributed by atoms with Crippen LogP contribution in [0.4, 0.5) is 27.6 Å². The smallest absolute Gasteiger partial charge is 0.406 e. The molecule has 7 heteroatoms. The first-order valence-electron chi connectivity index (χ1n) is 6.75. The third-order valence-corrected chi connectivity index (χ3v) is 3.09. The van der Waals surface area contributed by atoms with Gasteiger partial charge in [0.1, 0.15) is 17.4 Å². The lowest BCUT2D eigenvalue weighted by atomic mass is 10.1. The fraction of sp³-hybridized carbons (Fsp3) is 0.250. The first-order chi connectivity index (χ1) is 10.7. The molecule has 0 fully saturated rings. The first-order valence-corrected chi connectivity index (χ1v) is 6.75. The van der Waals surface area contributed by atoms with Gasteiger partial charge in [0, 0.05) is 24.7 Å². The molecule has 0 amide bonds. The van der Waals surface area contributed by atoms with E-state index < -0.39 is 18.0 Å². The summed E-state index contributed by atoms with van der Waals surface area (Å²) in [4.78, 5) is 0. The second kappa shape index (κ2) is 6.85. The molecule has 0 bridgehead atoms. The van der Waals surface area contributed by atoms with E-state index in [0.717, 1.165) is 6.08 Å². The Labute approximate surface area is 129 Å². The van der Waals surface area contributed by atoms with Crippen LogP contribution in [0.15, 0.2) is 53.7 Å². The monoisotopic (exact) mass is 331 g/mol. The predicted molar refractivity (Wildman–Crippen MR) is 77.4 cm³/mol. The van der Waals surface area contributed by atoms with Crippen LogP contribution in [0.1, 0.15) is 12.0 Å². The summed E-state index contributed by atoms with van der Waals surface area (Å²) in [6, 6.07) is 3.86. The minimum absolute atomic E-state index is 0.00171. The molecule has 0 heterocycles. The van der Waals surface area contributed by atoms with Crippen molar-refractivity contribution in [1.82, 2.24) is 0 Å². The zero-order chi connectivity index (χ0) is 17.0. The molecule has 0 unspecified atom stereocenters. The van der Waals surface area contributed by atoms with Crippen molar-refractivity contribution in [3.8, 4) is 5.75 Å². The van der Waals surface area contributed by atoms with Crippen LogP contribution in [0.25, 0.3) is 0 Å². The Morgan fingerprint density at radius 3 is 2.57 bits per heavy atom. The van der Waals surface area contributed by atoms with E-state index in [9.17, 15) is 22.0 Å². The maximum Gasteiger partial charge on any atom is 0.573 e. The first kappa shape index (κ1) is 17.1. The molecule has 1 aliphatic carbocycles. The molecular weight excluding hydrogens is 317 g/mol. The van der Waals surface area contributed by atoms with Gasteiger partial charge in [0.05, 0.1) is 0 Å². The molecule has 0 saturated heterocycles. The van der Waals surface area contributed by atoms with Gasteiger partial charge in [-0.2, -0.15) is 0 Å². The van der Waals surface area contributed by atoms with Crippen LogP contribution in [-0.4, -0.2) is 12.9 Å². The molecule has 0 atom stereocenters. The van der Waals surface area contributed by atoms with Gasteiger partial charge in [-0.1, -0.05) is 6.08 Å². The number of alkyl halides is 3. The van der Waals surface area contributed by atoms with Crippen LogP contribution >= 0.6 is 0 Å². The minimum atomic E-state index is -4.74. The van der Waals surface area contributed by atoms with Gasteiger partial charge in [-0.25, -0.2) is 8.78 Å². The van der Waals surface area contributed by atoms with Crippen molar-refractivity contribution < 1.29 is 26.7 Å². The second-order valence-corrected chi connectivity index (χ2v) is 4.98. The van der Waals surface area contributed by atoms with Gasteiger partial charge >= 0.3 is 6.36 Å². The van der Waals surface area contributed by atoms with Crippen molar-refractivity contribution >= 4 is 5.69 Å². The summed E-state index contributed by atoms with van der Waals surface area (Å²) in [5, 5.41) is 2.97. The van der Waals surface area contributed by atoms with Gasteiger partial charge in [0.2, 0.25) is 0 Å². The number of nitrogens with one attached hydrogen (secondary N) is 1. The summed E-state index contributed by atoms with van der Waals surface area (Å²) in [5.74, 6) is -1.57. The fourth-order valence-corrected chi connectivity index (χ4v) is 2.07. The molecule has 0 radical (unpaired) electrons. The molecule has 2 rings (SSSR count). The van der Waals surface area contributed by atoms with Gasteiger partial charge in [-0.05, 0) is 42.3 Å². The van der Waals surface area contributed by atoms with Gasteiger partial charge in [0.15, 0.2) is 0 Å². The Kier molecular flexibility index (Phi) is 5.08. The van der Waals surface area contributed by atoms with Crippen LogP contribution in [0, 0.1) is 6.92 Å². The normalized spacial score (nSPS) is 15.3. The average Bonchev–Trinajstić information content (AvgIpc) is 2.56.